The van der Waals surface area contributed by atoms with Crippen LogP contribution in [0.4, 0.5) is 22.1 Å². The summed E-state index contributed by atoms with van der Waals surface area (Å²) >= 11 is 0. The summed E-state index contributed by atoms with van der Waals surface area (Å²) < 4.78 is 5.35. The van der Waals surface area contributed by atoms with Gasteiger partial charge in [0.1, 0.15) is 18.0 Å². The molecular weight excluding hydrogens is 330 g/mol. The van der Waals surface area contributed by atoms with Crippen molar-refractivity contribution in [2.45, 2.75) is 26.2 Å². The second-order valence-electron chi connectivity index (χ2n) is 7.27. The Balaban J connectivity index is 1.61. The van der Waals surface area contributed by atoms with Crippen LogP contribution >= 0.6 is 0 Å². The van der Waals surface area contributed by atoms with Gasteiger partial charge in [0, 0.05) is 24.8 Å². The highest BCUT2D eigenvalue weighted by Crippen LogP contribution is 2.23. The summed E-state index contributed by atoms with van der Waals surface area (Å²) in [5.41, 5.74) is 2.03. The van der Waals surface area contributed by atoms with Crippen LogP contribution in [0.5, 0.6) is 0 Å². The van der Waals surface area contributed by atoms with Gasteiger partial charge < -0.3 is 15.0 Å². The van der Waals surface area contributed by atoms with Gasteiger partial charge in [-0.25, -0.2) is 14.8 Å². The Kier molecular flexibility index (Phi) is 5.37. The van der Waals surface area contributed by atoms with Crippen LogP contribution in [-0.2, 0) is 10.2 Å². The lowest BCUT2D eigenvalue weighted by molar-refractivity contribution is 0.122. The number of anilines is 3. The van der Waals surface area contributed by atoms with Gasteiger partial charge in [-0.15, -0.1) is 0 Å². The molecule has 0 saturated carbocycles. The number of hydrogen-bond donors (Lipinski definition) is 2. The van der Waals surface area contributed by atoms with Gasteiger partial charge in [0.2, 0.25) is 0 Å². The molecule has 26 heavy (non-hydrogen) atoms. The lowest BCUT2D eigenvalue weighted by atomic mass is 9.87. The molecule has 0 bridgehead atoms. The number of urea groups is 1. The molecule has 0 spiro atoms. The number of aromatic nitrogens is 2. The number of amides is 2. The molecule has 1 fully saturated rings. The third-order valence-corrected chi connectivity index (χ3v) is 4.24. The number of carbonyl (C=O) groups excluding carboxylic acids is 1. The van der Waals surface area contributed by atoms with Crippen LogP contribution in [0.2, 0.25) is 0 Å². The van der Waals surface area contributed by atoms with E-state index in [9.17, 15) is 4.79 Å². The molecule has 7 heteroatoms. The predicted octanol–water partition coefficient (Wildman–Crippen LogP) is 3.25. The van der Waals surface area contributed by atoms with E-state index in [1.807, 2.05) is 24.3 Å². The van der Waals surface area contributed by atoms with Crippen LogP contribution in [0, 0.1) is 0 Å². The van der Waals surface area contributed by atoms with Gasteiger partial charge in [0.05, 0.1) is 13.2 Å². The maximum atomic E-state index is 12.2. The first-order chi connectivity index (χ1) is 12.4. The van der Waals surface area contributed by atoms with Crippen molar-refractivity contribution < 1.29 is 9.53 Å². The molecule has 1 aliphatic heterocycles. The van der Waals surface area contributed by atoms with Crippen molar-refractivity contribution in [3.8, 4) is 0 Å². The number of carbonyl (C=O) groups is 1. The molecule has 1 aromatic carbocycles. The van der Waals surface area contributed by atoms with Crippen LogP contribution in [-0.4, -0.2) is 42.3 Å². The fourth-order valence-corrected chi connectivity index (χ4v) is 2.71. The summed E-state index contributed by atoms with van der Waals surface area (Å²) in [5, 5.41) is 5.58. The zero-order valence-electron chi connectivity index (χ0n) is 15.5. The van der Waals surface area contributed by atoms with Crippen LogP contribution < -0.4 is 15.5 Å². The van der Waals surface area contributed by atoms with Crippen molar-refractivity contribution in [3.63, 3.8) is 0 Å². The van der Waals surface area contributed by atoms with Crippen molar-refractivity contribution >= 4 is 23.4 Å². The normalized spacial score (nSPS) is 14.8. The number of nitrogens with zero attached hydrogens (tertiary/aromatic N) is 3. The van der Waals surface area contributed by atoms with E-state index >= 15 is 0 Å². The fraction of sp³-hybridized carbons (Fsp3) is 0.421. The van der Waals surface area contributed by atoms with Gasteiger partial charge in [-0.2, -0.15) is 0 Å². The molecule has 2 N–H and O–H groups in total. The minimum Gasteiger partial charge on any atom is -0.378 e. The third-order valence-electron chi connectivity index (χ3n) is 4.24. The maximum Gasteiger partial charge on any atom is 0.324 e. The highest BCUT2D eigenvalue weighted by Gasteiger charge is 2.15. The lowest BCUT2D eigenvalue weighted by Crippen LogP contribution is -2.36. The lowest BCUT2D eigenvalue weighted by Gasteiger charge is -2.27. The fourth-order valence-electron chi connectivity index (χ4n) is 2.71. The van der Waals surface area contributed by atoms with E-state index in [2.05, 4.69) is 46.3 Å². The monoisotopic (exact) mass is 355 g/mol. The van der Waals surface area contributed by atoms with Crippen molar-refractivity contribution in [3.05, 3.63) is 42.2 Å². The second kappa shape index (κ2) is 7.70. The Bertz CT molecular complexity index is 749. The molecule has 1 aromatic heterocycles. The summed E-state index contributed by atoms with van der Waals surface area (Å²) in [6.45, 7) is 9.39. The molecule has 138 valence electrons. The van der Waals surface area contributed by atoms with Crippen molar-refractivity contribution in [2.24, 2.45) is 0 Å². The van der Waals surface area contributed by atoms with Crippen molar-refractivity contribution in [1.29, 1.82) is 0 Å². The molecule has 2 amide bonds. The molecule has 7 nitrogen and oxygen atoms in total. The smallest absolute Gasteiger partial charge is 0.324 e. The number of morpholine rings is 1. The molecular formula is C19H25N5O2. The van der Waals surface area contributed by atoms with Gasteiger partial charge in [-0.3, -0.25) is 5.32 Å². The van der Waals surface area contributed by atoms with Gasteiger partial charge in [0.15, 0.2) is 0 Å². The average Bonchev–Trinajstić information content (AvgIpc) is 2.62. The first kappa shape index (κ1) is 18.1. The SMILES string of the molecule is CC(C)(C)c1ccc(NC(=O)Nc2cc(N3CCOCC3)ncn2)cc1. The Hall–Kier alpha value is -2.67. The Morgan fingerprint density at radius 3 is 2.42 bits per heavy atom. The molecule has 1 aliphatic rings. The van der Waals surface area contributed by atoms with Gasteiger partial charge in [-0.1, -0.05) is 32.9 Å². The molecule has 0 radical (unpaired) electrons. The third kappa shape index (κ3) is 4.70. The zero-order chi connectivity index (χ0) is 18.6. The van der Waals surface area contributed by atoms with Crippen molar-refractivity contribution in [1.82, 2.24) is 9.97 Å². The largest absolute Gasteiger partial charge is 0.378 e. The number of nitrogens with one attached hydrogen (secondary N) is 2. The number of rotatable bonds is 3. The molecule has 0 atom stereocenters. The van der Waals surface area contributed by atoms with Crippen LogP contribution in [0.3, 0.4) is 0 Å². The van der Waals surface area contributed by atoms with E-state index in [-0.39, 0.29) is 11.4 Å². The summed E-state index contributed by atoms with van der Waals surface area (Å²) in [7, 11) is 0. The molecule has 3 rings (SSSR count). The highest BCUT2D eigenvalue weighted by atomic mass is 16.5. The summed E-state index contributed by atoms with van der Waals surface area (Å²) in [4.78, 5) is 22.7. The summed E-state index contributed by atoms with van der Waals surface area (Å²) in [6, 6.07) is 9.29. The number of hydrogen-bond acceptors (Lipinski definition) is 5. The number of ether oxygens (including phenoxy) is 1. The quantitative estimate of drug-likeness (QED) is 0.883. The number of benzene rings is 1. The highest BCUT2D eigenvalue weighted by molar-refractivity contribution is 5.99. The minimum atomic E-state index is -0.333. The van der Waals surface area contributed by atoms with E-state index < -0.39 is 0 Å². The van der Waals surface area contributed by atoms with E-state index in [0.29, 0.717) is 19.0 Å². The zero-order valence-corrected chi connectivity index (χ0v) is 15.5. The van der Waals surface area contributed by atoms with Gasteiger partial charge in [-0.05, 0) is 23.1 Å². The standard InChI is InChI=1S/C19H25N5O2/c1-19(2,3)14-4-6-15(7-5-14)22-18(25)23-16-12-17(21-13-20-16)24-8-10-26-11-9-24/h4-7,12-13H,8-11H2,1-3H3,(H2,20,21,22,23,25). The van der Waals surface area contributed by atoms with Gasteiger partial charge in [0.25, 0.3) is 0 Å². The maximum absolute atomic E-state index is 12.2. The molecule has 0 aliphatic carbocycles. The molecule has 2 heterocycles. The molecule has 0 unspecified atom stereocenters. The summed E-state index contributed by atoms with van der Waals surface area (Å²) in [5.74, 6) is 1.25. The Labute approximate surface area is 153 Å². The average molecular weight is 355 g/mol. The van der Waals surface area contributed by atoms with E-state index in [4.69, 9.17) is 4.74 Å². The summed E-state index contributed by atoms with van der Waals surface area (Å²) in [6.07, 6.45) is 1.46. The van der Waals surface area contributed by atoms with E-state index in [1.165, 1.54) is 11.9 Å². The second-order valence-corrected chi connectivity index (χ2v) is 7.27. The first-order valence-corrected chi connectivity index (χ1v) is 8.75. The van der Waals surface area contributed by atoms with Crippen LogP contribution in [0.15, 0.2) is 36.7 Å². The molecule has 2 aromatic rings. The predicted molar refractivity (Wildman–Crippen MR) is 103 cm³/mol. The van der Waals surface area contributed by atoms with Crippen molar-refractivity contribution in [2.75, 3.05) is 41.8 Å². The van der Waals surface area contributed by atoms with Crippen LogP contribution in [0.25, 0.3) is 0 Å². The van der Waals surface area contributed by atoms with Crippen LogP contribution in [0.1, 0.15) is 26.3 Å². The van der Waals surface area contributed by atoms with E-state index in [1.54, 1.807) is 6.07 Å². The Morgan fingerprint density at radius 1 is 1.08 bits per heavy atom. The minimum absolute atomic E-state index is 0.0810. The first-order valence-electron chi connectivity index (χ1n) is 8.75. The van der Waals surface area contributed by atoms with Gasteiger partial charge >= 0.3 is 6.03 Å². The van der Waals surface area contributed by atoms with E-state index in [0.717, 1.165) is 24.6 Å². The molecule has 1 saturated heterocycles. The Morgan fingerprint density at radius 2 is 1.77 bits per heavy atom. The topological polar surface area (TPSA) is 79.4 Å².